The van der Waals surface area contributed by atoms with Crippen molar-refractivity contribution in [3.63, 3.8) is 0 Å². The lowest BCUT2D eigenvalue weighted by Crippen LogP contribution is -2.42. The second kappa shape index (κ2) is 5.53. The SMILES string of the molecule is CN(C)C(=O)C1CCCN1c1ccnc2ccc(Cl)cc12. The van der Waals surface area contributed by atoms with Crippen LogP contribution in [0.15, 0.2) is 30.5 Å². The molecule has 1 fully saturated rings. The quantitative estimate of drug-likeness (QED) is 0.856. The van der Waals surface area contributed by atoms with Crippen LogP contribution in [-0.4, -0.2) is 42.5 Å². The fourth-order valence-corrected chi connectivity index (χ4v) is 3.14. The molecule has 1 amide bonds. The van der Waals surface area contributed by atoms with Gasteiger partial charge in [-0.05, 0) is 37.1 Å². The summed E-state index contributed by atoms with van der Waals surface area (Å²) in [5.74, 6) is 0.152. The van der Waals surface area contributed by atoms with Crippen molar-refractivity contribution >= 4 is 34.1 Å². The number of amides is 1. The molecule has 0 saturated carbocycles. The molecule has 4 nitrogen and oxygen atoms in total. The van der Waals surface area contributed by atoms with Gasteiger partial charge in [0.25, 0.3) is 0 Å². The van der Waals surface area contributed by atoms with Crippen molar-refractivity contribution in [3.8, 4) is 0 Å². The minimum Gasteiger partial charge on any atom is -0.359 e. The first-order valence-electron chi connectivity index (χ1n) is 7.10. The number of carbonyl (C=O) groups is 1. The van der Waals surface area contributed by atoms with E-state index in [1.54, 1.807) is 25.2 Å². The lowest BCUT2D eigenvalue weighted by atomic mass is 10.1. The van der Waals surface area contributed by atoms with Crippen molar-refractivity contribution in [1.29, 1.82) is 0 Å². The van der Waals surface area contributed by atoms with E-state index in [1.165, 1.54) is 0 Å². The van der Waals surface area contributed by atoms with Crippen molar-refractivity contribution in [2.75, 3.05) is 25.5 Å². The zero-order valence-electron chi connectivity index (χ0n) is 12.2. The largest absolute Gasteiger partial charge is 0.359 e. The number of benzene rings is 1. The van der Waals surface area contributed by atoms with Crippen LogP contribution in [0.2, 0.25) is 5.02 Å². The molecule has 2 heterocycles. The van der Waals surface area contributed by atoms with Crippen LogP contribution < -0.4 is 4.90 Å². The molecule has 0 bridgehead atoms. The van der Waals surface area contributed by atoms with Gasteiger partial charge in [-0.1, -0.05) is 11.6 Å². The molecular formula is C16H18ClN3O. The first kappa shape index (κ1) is 14.1. The number of anilines is 1. The number of fused-ring (bicyclic) bond motifs is 1. The van der Waals surface area contributed by atoms with Crippen LogP contribution in [0.25, 0.3) is 10.9 Å². The second-order valence-corrected chi connectivity index (χ2v) is 6.01. The number of aromatic nitrogens is 1. The average molecular weight is 304 g/mol. The summed E-state index contributed by atoms with van der Waals surface area (Å²) in [7, 11) is 3.61. The molecule has 1 unspecified atom stereocenters. The fraction of sp³-hybridized carbons (Fsp3) is 0.375. The Hall–Kier alpha value is -1.81. The highest BCUT2D eigenvalue weighted by atomic mass is 35.5. The van der Waals surface area contributed by atoms with E-state index >= 15 is 0 Å². The van der Waals surface area contributed by atoms with E-state index in [9.17, 15) is 4.79 Å². The van der Waals surface area contributed by atoms with Crippen molar-refractivity contribution in [2.45, 2.75) is 18.9 Å². The summed E-state index contributed by atoms with van der Waals surface area (Å²) in [4.78, 5) is 20.6. The maximum absolute atomic E-state index is 12.4. The molecule has 5 heteroatoms. The normalized spacial score (nSPS) is 18.2. The number of rotatable bonds is 2. The zero-order valence-corrected chi connectivity index (χ0v) is 13.0. The molecule has 0 N–H and O–H groups in total. The molecule has 1 aliphatic heterocycles. The lowest BCUT2D eigenvalue weighted by molar-refractivity contribution is -0.129. The third kappa shape index (κ3) is 2.56. The lowest BCUT2D eigenvalue weighted by Gasteiger charge is -2.28. The van der Waals surface area contributed by atoms with Gasteiger partial charge in [-0.15, -0.1) is 0 Å². The van der Waals surface area contributed by atoms with Gasteiger partial charge in [0.2, 0.25) is 5.91 Å². The Morgan fingerprint density at radius 1 is 1.38 bits per heavy atom. The van der Waals surface area contributed by atoms with Crippen LogP contribution in [0.5, 0.6) is 0 Å². The first-order chi connectivity index (χ1) is 10.1. The minimum absolute atomic E-state index is 0.0930. The Morgan fingerprint density at radius 2 is 2.19 bits per heavy atom. The third-order valence-corrected chi connectivity index (χ3v) is 4.20. The van der Waals surface area contributed by atoms with Crippen molar-refractivity contribution in [2.24, 2.45) is 0 Å². The number of hydrogen-bond donors (Lipinski definition) is 0. The number of nitrogens with zero attached hydrogens (tertiary/aromatic N) is 3. The van der Waals surface area contributed by atoms with Gasteiger partial charge < -0.3 is 9.80 Å². The molecule has 3 rings (SSSR count). The van der Waals surface area contributed by atoms with Crippen molar-refractivity contribution in [1.82, 2.24) is 9.88 Å². The first-order valence-corrected chi connectivity index (χ1v) is 7.48. The molecule has 110 valence electrons. The van der Waals surface area contributed by atoms with Crippen LogP contribution in [0.4, 0.5) is 5.69 Å². The molecule has 1 aromatic heterocycles. The summed E-state index contributed by atoms with van der Waals surface area (Å²) < 4.78 is 0. The van der Waals surface area contributed by atoms with Gasteiger partial charge in [-0.25, -0.2) is 0 Å². The van der Waals surface area contributed by atoms with Gasteiger partial charge in [0.05, 0.1) is 5.52 Å². The van der Waals surface area contributed by atoms with Gasteiger partial charge in [-0.2, -0.15) is 0 Å². The topological polar surface area (TPSA) is 36.4 Å². The Labute approximate surface area is 129 Å². The summed E-state index contributed by atoms with van der Waals surface area (Å²) >= 11 is 6.13. The molecule has 1 atom stereocenters. The summed E-state index contributed by atoms with van der Waals surface area (Å²) in [5.41, 5.74) is 1.94. The van der Waals surface area contributed by atoms with Gasteiger partial charge in [0, 0.05) is 42.9 Å². The summed E-state index contributed by atoms with van der Waals surface area (Å²) in [6, 6.07) is 7.56. The van der Waals surface area contributed by atoms with Crippen LogP contribution in [0.1, 0.15) is 12.8 Å². The maximum atomic E-state index is 12.4. The summed E-state index contributed by atoms with van der Waals surface area (Å²) in [5, 5.41) is 1.69. The molecule has 0 spiro atoms. The smallest absolute Gasteiger partial charge is 0.244 e. The summed E-state index contributed by atoms with van der Waals surface area (Å²) in [6.45, 7) is 0.885. The highest BCUT2D eigenvalue weighted by Gasteiger charge is 2.32. The highest BCUT2D eigenvalue weighted by molar-refractivity contribution is 6.31. The Bertz CT molecular complexity index is 686. The van der Waals surface area contributed by atoms with Gasteiger partial charge in [-0.3, -0.25) is 9.78 Å². The molecule has 1 aromatic carbocycles. The molecule has 0 radical (unpaired) electrons. The van der Waals surface area contributed by atoms with Crippen molar-refractivity contribution < 1.29 is 4.79 Å². The predicted molar refractivity (Wildman–Crippen MR) is 85.8 cm³/mol. The third-order valence-electron chi connectivity index (χ3n) is 3.97. The van der Waals surface area contributed by atoms with E-state index < -0.39 is 0 Å². The van der Waals surface area contributed by atoms with E-state index in [4.69, 9.17) is 11.6 Å². The second-order valence-electron chi connectivity index (χ2n) is 5.58. The Morgan fingerprint density at radius 3 is 2.95 bits per heavy atom. The molecule has 21 heavy (non-hydrogen) atoms. The van der Waals surface area contributed by atoms with E-state index in [-0.39, 0.29) is 11.9 Å². The molecule has 1 aliphatic rings. The number of pyridine rings is 1. The van der Waals surface area contributed by atoms with E-state index in [0.29, 0.717) is 5.02 Å². The Kier molecular flexibility index (Phi) is 3.72. The monoisotopic (exact) mass is 303 g/mol. The van der Waals surface area contributed by atoms with E-state index in [0.717, 1.165) is 36.0 Å². The van der Waals surface area contributed by atoms with Crippen LogP contribution in [0, 0.1) is 0 Å². The number of halogens is 1. The fourth-order valence-electron chi connectivity index (χ4n) is 2.96. The molecule has 2 aromatic rings. The number of likely N-dealkylation sites (N-methyl/N-ethyl adjacent to an activating group) is 1. The maximum Gasteiger partial charge on any atom is 0.244 e. The average Bonchev–Trinajstić information content (AvgIpc) is 2.94. The predicted octanol–water partition coefficient (Wildman–Crippen LogP) is 2.95. The Balaban J connectivity index is 2.07. The van der Waals surface area contributed by atoms with Crippen LogP contribution in [0.3, 0.4) is 0 Å². The number of hydrogen-bond acceptors (Lipinski definition) is 3. The van der Waals surface area contributed by atoms with E-state index in [2.05, 4.69) is 9.88 Å². The standard InChI is InChI=1S/C16H18ClN3O/c1-19(2)16(21)15-4-3-9-20(15)14-7-8-18-13-6-5-11(17)10-12(13)14/h5-8,10,15H,3-4,9H2,1-2H3. The van der Waals surface area contributed by atoms with E-state index in [1.807, 2.05) is 24.3 Å². The van der Waals surface area contributed by atoms with Gasteiger partial charge in [0.1, 0.15) is 6.04 Å². The minimum atomic E-state index is -0.0930. The van der Waals surface area contributed by atoms with Crippen LogP contribution in [-0.2, 0) is 4.79 Å². The molecule has 1 saturated heterocycles. The highest BCUT2D eigenvalue weighted by Crippen LogP contribution is 2.33. The summed E-state index contributed by atoms with van der Waals surface area (Å²) in [6.07, 6.45) is 3.71. The van der Waals surface area contributed by atoms with Gasteiger partial charge in [0.15, 0.2) is 0 Å². The molecule has 0 aliphatic carbocycles. The van der Waals surface area contributed by atoms with Crippen LogP contribution >= 0.6 is 11.6 Å². The van der Waals surface area contributed by atoms with Gasteiger partial charge >= 0.3 is 0 Å². The zero-order chi connectivity index (χ0) is 15.0. The molecular weight excluding hydrogens is 286 g/mol. The number of carbonyl (C=O) groups excluding carboxylic acids is 1. The van der Waals surface area contributed by atoms with Crippen molar-refractivity contribution in [3.05, 3.63) is 35.5 Å².